The summed E-state index contributed by atoms with van der Waals surface area (Å²) in [4.78, 5) is 31.0. The fourth-order valence-electron chi connectivity index (χ4n) is 3.07. The minimum Gasteiger partial charge on any atom is -0.336 e. The molecule has 1 fully saturated rings. The van der Waals surface area contributed by atoms with E-state index in [1.54, 1.807) is 0 Å². The summed E-state index contributed by atoms with van der Waals surface area (Å²) < 4.78 is 0. The van der Waals surface area contributed by atoms with Crippen LogP contribution in [0, 0.1) is 5.92 Å². The fourth-order valence-corrected chi connectivity index (χ4v) is 3.07. The topological polar surface area (TPSA) is 49.9 Å². The van der Waals surface area contributed by atoms with E-state index >= 15 is 0 Å². The highest BCUT2D eigenvalue weighted by molar-refractivity contribution is 5.79. The van der Waals surface area contributed by atoms with Gasteiger partial charge in [-0.3, -0.25) is 14.4 Å². The van der Waals surface area contributed by atoms with Crippen LogP contribution >= 0.6 is 0 Å². The molecule has 0 saturated carbocycles. The van der Waals surface area contributed by atoms with Gasteiger partial charge in [-0.2, -0.15) is 0 Å². The summed E-state index contributed by atoms with van der Waals surface area (Å²) >= 11 is 0. The Balaban J connectivity index is 1.89. The average molecular weight is 332 g/mol. The molecule has 2 atom stereocenters. The molecule has 1 aliphatic heterocycles. The molecule has 1 aromatic rings. The predicted octanol–water partition coefficient (Wildman–Crippen LogP) is 3.17. The van der Waals surface area contributed by atoms with Gasteiger partial charge in [-0.05, 0) is 45.6 Å². The van der Waals surface area contributed by atoms with Gasteiger partial charge in [0.15, 0.2) is 0 Å². The number of hydroxylamine groups is 2. The Morgan fingerprint density at radius 2 is 2.00 bits per heavy atom. The van der Waals surface area contributed by atoms with Gasteiger partial charge in [0.05, 0.1) is 11.6 Å². The maximum atomic E-state index is 12.4. The van der Waals surface area contributed by atoms with E-state index in [-0.39, 0.29) is 17.9 Å². The first-order valence-corrected chi connectivity index (χ1v) is 8.55. The zero-order chi connectivity index (χ0) is 17.7. The second-order valence-electron chi connectivity index (χ2n) is 7.44. The molecule has 0 radical (unpaired) electrons. The summed E-state index contributed by atoms with van der Waals surface area (Å²) in [6.45, 7) is 9.03. The first kappa shape index (κ1) is 18.5. The van der Waals surface area contributed by atoms with Crippen LogP contribution in [0.15, 0.2) is 30.3 Å². The van der Waals surface area contributed by atoms with Gasteiger partial charge in [0.2, 0.25) is 12.3 Å². The third kappa shape index (κ3) is 5.06. The molecule has 0 bridgehead atoms. The second-order valence-corrected chi connectivity index (χ2v) is 7.44. The zero-order valence-corrected chi connectivity index (χ0v) is 15.1. The Morgan fingerprint density at radius 1 is 1.33 bits per heavy atom. The van der Waals surface area contributed by atoms with Gasteiger partial charge in [-0.15, -0.1) is 0 Å². The van der Waals surface area contributed by atoms with Crippen molar-refractivity contribution in [3.63, 3.8) is 0 Å². The van der Waals surface area contributed by atoms with Gasteiger partial charge in [0.1, 0.15) is 0 Å². The van der Waals surface area contributed by atoms with Crippen molar-refractivity contribution in [2.24, 2.45) is 5.92 Å². The van der Waals surface area contributed by atoms with Crippen LogP contribution in [0.2, 0.25) is 0 Å². The molecule has 5 nitrogen and oxygen atoms in total. The summed E-state index contributed by atoms with van der Waals surface area (Å²) in [5, 5.41) is 1.34. The van der Waals surface area contributed by atoms with Crippen molar-refractivity contribution in [3.05, 3.63) is 35.9 Å². The van der Waals surface area contributed by atoms with Crippen LogP contribution < -0.4 is 0 Å². The lowest BCUT2D eigenvalue weighted by Gasteiger charge is -2.28. The highest BCUT2D eigenvalue weighted by atomic mass is 16.7. The van der Waals surface area contributed by atoms with Gasteiger partial charge in [0, 0.05) is 19.5 Å². The van der Waals surface area contributed by atoms with Gasteiger partial charge >= 0.3 is 0 Å². The van der Waals surface area contributed by atoms with E-state index in [1.165, 1.54) is 5.06 Å². The molecule has 0 unspecified atom stereocenters. The minimum atomic E-state index is -0.403. The molecule has 2 rings (SSSR count). The van der Waals surface area contributed by atoms with Gasteiger partial charge in [0.25, 0.3) is 0 Å². The summed E-state index contributed by atoms with van der Waals surface area (Å²) in [7, 11) is 0. The van der Waals surface area contributed by atoms with Crippen LogP contribution in [-0.4, -0.2) is 41.0 Å². The van der Waals surface area contributed by atoms with E-state index in [2.05, 4.69) is 19.1 Å². The number of carbonyl (C=O) groups excluding carboxylic acids is 2. The largest absolute Gasteiger partial charge is 0.336 e. The van der Waals surface area contributed by atoms with Crippen LogP contribution in [0.5, 0.6) is 0 Å². The predicted molar refractivity (Wildman–Crippen MR) is 92.9 cm³/mol. The summed E-state index contributed by atoms with van der Waals surface area (Å²) in [5.41, 5.74) is 0.748. The summed E-state index contributed by atoms with van der Waals surface area (Å²) in [6, 6.07) is 10.2. The van der Waals surface area contributed by atoms with Gasteiger partial charge in [-0.25, -0.2) is 5.06 Å². The molecule has 24 heavy (non-hydrogen) atoms. The van der Waals surface area contributed by atoms with Crippen molar-refractivity contribution in [1.82, 2.24) is 9.96 Å². The average Bonchev–Trinajstić information content (AvgIpc) is 2.91. The number of benzene rings is 1. The molecule has 1 aromatic carbocycles. The van der Waals surface area contributed by atoms with E-state index in [0.717, 1.165) is 18.5 Å². The normalized spacial score (nSPS) is 19.4. The molecule has 1 aliphatic rings. The first-order chi connectivity index (χ1) is 11.3. The first-order valence-electron chi connectivity index (χ1n) is 8.55. The van der Waals surface area contributed by atoms with Gasteiger partial charge in [-0.1, -0.05) is 30.3 Å². The quantitative estimate of drug-likeness (QED) is 0.569. The Labute approximate surface area is 144 Å². The van der Waals surface area contributed by atoms with E-state index in [9.17, 15) is 9.59 Å². The monoisotopic (exact) mass is 332 g/mol. The van der Waals surface area contributed by atoms with E-state index in [4.69, 9.17) is 4.84 Å². The van der Waals surface area contributed by atoms with Crippen molar-refractivity contribution in [2.75, 3.05) is 13.1 Å². The van der Waals surface area contributed by atoms with Crippen molar-refractivity contribution < 1.29 is 14.4 Å². The van der Waals surface area contributed by atoms with E-state index < -0.39 is 5.60 Å². The molecule has 0 aromatic heterocycles. The lowest BCUT2D eigenvalue weighted by molar-refractivity contribution is -0.216. The Bertz CT molecular complexity index is 553. The fraction of sp³-hybridized carbons (Fsp3) is 0.579. The van der Waals surface area contributed by atoms with E-state index in [1.807, 2.05) is 43.9 Å². The molecule has 0 aliphatic carbocycles. The lowest BCUT2D eigenvalue weighted by atomic mass is 10.0. The SMILES string of the molecule is C[C@H](c1ccccc1)N1C[C@H](CCN(C=O)OC(C)(C)C)CC1=O. The number of hydrogen-bond donors (Lipinski definition) is 0. The van der Waals surface area contributed by atoms with Gasteiger partial charge < -0.3 is 4.90 Å². The van der Waals surface area contributed by atoms with Crippen molar-refractivity contribution in [2.45, 2.75) is 52.2 Å². The van der Waals surface area contributed by atoms with Crippen molar-refractivity contribution in [1.29, 1.82) is 0 Å². The van der Waals surface area contributed by atoms with Crippen LogP contribution in [0.1, 0.15) is 52.1 Å². The lowest BCUT2D eigenvalue weighted by Crippen LogP contribution is -2.34. The third-order valence-electron chi connectivity index (χ3n) is 4.25. The second kappa shape index (κ2) is 7.79. The molecular weight excluding hydrogens is 304 g/mol. The molecule has 1 saturated heterocycles. The molecule has 1 heterocycles. The van der Waals surface area contributed by atoms with Crippen LogP contribution in [-0.2, 0) is 14.4 Å². The Kier molecular flexibility index (Phi) is 5.99. The Morgan fingerprint density at radius 3 is 2.58 bits per heavy atom. The molecule has 0 spiro atoms. The van der Waals surface area contributed by atoms with Crippen LogP contribution in [0.3, 0.4) is 0 Å². The Hall–Kier alpha value is -1.88. The maximum absolute atomic E-state index is 12.4. The zero-order valence-electron chi connectivity index (χ0n) is 15.1. The standard InChI is InChI=1S/C19H28N2O3/c1-15(17-8-6-5-7-9-17)21-13-16(12-18(21)23)10-11-20(14-22)24-19(2,3)4/h5-9,14-16H,10-13H2,1-4H3/t15-,16-/m1/s1. The van der Waals surface area contributed by atoms with Crippen molar-refractivity contribution in [3.8, 4) is 0 Å². The highest BCUT2D eigenvalue weighted by Gasteiger charge is 2.33. The molecule has 0 N–H and O–H groups in total. The molecular formula is C19H28N2O3. The van der Waals surface area contributed by atoms with E-state index in [0.29, 0.717) is 19.4 Å². The maximum Gasteiger partial charge on any atom is 0.233 e. The highest BCUT2D eigenvalue weighted by Crippen LogP contribution is 2.30. The molecule has 132 valence electrons. The van der Waals surface area contributed by atoms with Crippen LogP contribution in [0.4, 0.5) is 0 Å². The summed E-state index contributed by atoms with van der Waals surface area (Å²) in [6.07, 6.45) is 2.02. The smallest absolute Gasteiger partial charge is 0.233 e. The molecule has 2 amide bonds. The number of nitrogens with zero attached hydrogens (tertiary/aromatic N) is 2. The number of carbonyl (C=O) groups is 2. The van der Waals surface area contributed by atoms with Crippen LogP contribution in [0.25, 0.3) is 0 Å². The number of amides is 2. The van der Waals surface area contributed by atoms with Crippen molar-refractivity contribution >= 4 is 12.3 Å². The third-order valence-corrected chi connectivity index (χ3v) is 4.25. The summed E-state index contributed by atoms with van der Waals surface area (Å²) in [5.74, 6) is 0.445. The number of rotatable bonds is 7. The minimum absolute atomic E-state index is 0.0803. The number of likely N-dealkylation sites (tertiary alicyclic amines) is 1. The molecule has 5 heteroatoms. The number of hydrogen-bond acceptors (Lipinski definition) is 3.